The van der Waals surface area contributed by atoms with Crippen LogP contribution in [0.3, 0.4) is 0 Å². The fraction of sp³-hybridized carbons (Fsp3) is 0.957. The first-order valence-electron chi connectivity index (χ1n) is 12.5. The van der Waals surface area contributed by atoms with Crippen molar-refractivity contribution in [1.29, 1.82) is 0 Å². The van der Waals surface area contributed by atoms with Gasteiger partial charge in [-0.15, -0.1) is 0 Å². The van der Waals surface area contributed by atoms with Gasteiger partial charge in [-0.1, -0.05) is 71.1 Å². The SMILES string of the molecule is CCCCCCCCCCCCCC(=O)OCOP(=O)(O)OCC[N+](CC)(CC)CC. The van der Waals surface area contributed by atoms with E-state index in [1.54, 1.807) is 0 Å². The molecule has 1 atom stereocenters. The lowest BCUT2D eigenvalue weighted by Crippen LogP contribution is -2.49. The summed E-state index contributed by atoms with van der Waals surface area (Å²) in [4.78, 5) is 21.5. The number of likely N-dealkylation sites (N-methyl/N-ethyl adjacent to an activating group) is 1. The summed E-state index contributed by atoms with van der Waals surface area (Å²) in [6.07, 6.45) is 13.7. The second-order valence-corrected chi connectivity index (χ2v) is 9.82. The van der Waals surface area contributed by atoms with Gasteiger partial charge in [-0.2, -0.15) is 0 Å². The summed E-state index contributed by atoms with van der Waals surface area (Å²) in [6.45, 7) is 11.5. The Labute approximate surface area is 191 Å². The maximum Gasteiger partial charge on any atom is 0.475 e. The molecule has 0 saturated carbocycles. The second kappa shape index (κ2) is 19.0. The Morgan fingerprint density at radius 1 is 0.774 bits per heavy atom. The van der Waals surface area contributed by atoms with Crippen molar-refractivity contribution in [2.24, 2.45) is 0 Å². The van der Waals surface area contributed by atoms with E-state index >= 15 is 0 Å². The zero-order valence-electron chi connectivity index (χ0n) is 20.6. The van der Waals surface area contributed by atoms with Crippen molar-refractivity contribution in [3.8, 4) is 0 Å². The first-order chi connectivity index (χ1) is 14.8. The molecule has 0 spiro atoms. The van der Waals surface area contributed by atoms with Gasteiger partial charge in [0.2, 0.25) is 6.79 Å². The zero-order chi connectivity index (χ0) is 23.4. The normalized spacial score (nSPS) is 13.8. The van der Waals surface area contributed by atoms with Gasteiger partial charge in [0, 0.05) is 6.42 Å². The molecule has 0 aliphatic heterocycles. The highest BCUT2D eigenvalue weighted by Gasteiger charge is 2.26. The summed E-state index contributed by atoms with van der Waals surface area (Å²) in [7, 11) is -4.21. The van der Waals surface area contributed by atoms with E-state index in [1.807, 2.05) is 0 Å². The minimum atomic E-state index is -4.21. The van der Waals surface area contributed by atoms with E-state index in [0.29, 0.717) is 13.0 Å². The molecular weight excluding hydrogens is 417 g/mol. The summed E-state index contributed by atoms with van der Waals surface area (Å²) in [6, 6.07) is 0. The van der Waals surface area contributed by atoms with Crippen molar-refractivity contribution in [3.05, 3.63) is 0 Å². The van der Waals surface area contributed by atoms with E-state index in [1.165, 1.54) is 51.4 Å². The van der Waals surface area contributed by atoms with Gasteiger partial charge in [0.1, 0.15) is 13.2 Å². The molecular formula is C23H49NO6P+. The van der Waals surface area contributed by atoms with Gasteiger partial charge in [0.05, 0.1) is 19.6 Å². The van der Waals surface area contributed by atoms with E-state index < -0.39 is 20.6 Å². The molecule has 0 aliphatic rings. The Hall–Kier alpha value is -0.460. The first kappa shape index (κ1) is 30.5. The van der Waals surface area contributed by atoms with Gasteiger partial charge >= 0.3 is 13.8 Å². The Morgan fingerprint density at radius 3 is 1.74 bits per heavy atom. The van der Waals surface area contributed by atoms with Gasteiger partial charge in [-0.25, -0.2) is 9.09 Å². The van der Waals surface area contributed by atoms with Crippen molar-refractivity contribution < 1.29 is 32.5 Å². The number of phosphoric acid groups is 1. The first-order valence-corrected chi connectivity index (χ1v) is 14.0. The number of nitrogens with zero attached hydrogens (tertiary/aromatic N) is 1. The average molecular weight is 467 g/mol. The molecule has 0 saturated heterocycles. The summed E-state index contributed by atoms with van der Waals surface area (Å²) in [5.74, 6) is -0.408. The number of hydrogen-bond acceptors (Lipinski definition) is 5. The molecule has 0 aliphatic carbocycles. The number of unbranched alkanes of at least 4 members (excludes halogenated alkanes) is 10. The van der Waals surface area contributed by atoms with Crippen LogP contribution >= 0.6 is 7.82 Å². The van der Waals surface area contributed by atoms with Gasteiger partial charge in [-0.05, 0) is 27.2 Å². The quantitative estimate of drug-likeness (QED) is 0.0673. The molecule has 31 heavy (non-hydrogen) atoms. The van der Waals surface area contributed by atoms with Crippen molar-refractivity contribution in [2.45, 2.75) is 105 Å². The van der Waals surface area contributed by atoms with Gasteiger partial charge in [0.15, 0.2) is 0 Å². The van der Waals surface area contributed by atoms with Crippen LogP contribution < -0.4 is 0 Å². The van der Waals surface area contributed by atoms with E-state index in [0.717, 1.165) is 43.4 Å². The Kier molecular flexibility index (Phi) is 18.8. The maximum atomic E-state index is 11.9. The highest BCUT2D eigenvalue weighted by molar-refractivity contribution is 7.47. The van der Waals surface area contributed by atoms with E-state index in [9.17, 15) is 14.3 Å². The predicted octanol–water partition coefficient (Wildman–Crippen LogP) is 6.20. The summed E-state index contributed by atoms with van der Waals surface area (Å²) in [5.41, 5.74) is 0. The Morgan fingerprint density at radius 2 is 1.26 bits per heavy atom. The molecule has 0 rings (SSSR count). The number of esters is 1. The van der Waals surface area contributed by atoms with Gasteiger partial charge < -0.3 is 14.1 Å². The smallest absolute Gasteiger partial charge is 0.438 e. The molecule has 0 fully saturated rings. The van der Waals surface area contributed by atoms with Crippen LogP contribution in [0.25, 0.3) is 0 Å². The van der Waals surface area contributed by atoms with Crippen LogP contribution in [0.1, 0.15) is 105 Å². The molecule has 0 aromatic heterocycles. The van der Waals surface area contributed by atoms with Gasteiger partial charge in [0.25, 0.3) is 0 Å². The van der Waals surface area contributed by atoms with Crippen molar-refractivity contribution in [3.63, 3.8) is 0 Å². The van der Waals surface area contributed by atoms with Crippen LogP contribution in [0.4, 0.5) is 0 Å². The molecule has 0 radical (unpaired) electrons. The van der Waals surface area contributed by atoms with Crippen molar-refractivity contribution >= 4 is 13.8 Å². The second-order valence-electron chi connectivity index (χ2n) is 8.36. The van der Waals surface area contributed by atoms with Crippen LogP contribution in [-0.4, -0.2) is 54.9 Å². The average Bonchev–Trinajstić information content (AvgIpc) is 2.75. The molecule has 0 amide bonds. The highest BCUT2D eigenvalue weighted by Crippen LogP contribution is 2.43. The number of phosphoric ester groups is 1. The summed E-state index contributed by atoms with van der Waals surface area (Å²) < 4.78 is 27.4. The van der Waals surface area contributed by atoms with E-state index in [-0.39, 0.29) is 6.61 Å². The lowest BCUT2D eigenvalue weighted by Gasteiger charge is -2.35. The molecule has 0 bridgehead atoms. The van der Waals surface area contributed by atoms with Crippen LogP contribution in [0.5, 0.6) is 0 Å². The Bertz CT molecular complexity index is 476. The maximum absolute atomic E-state index is 11.9. The third-order valence-corrected chi connectivity index (χ3v) is 7.19. The van der Waals surface area contributed by atoms with E-state index in [2.05, 4.69) is 27.7 Å². The predicted molar refractivity (Wildman–Crippen MR) is 126 cm³/mol. The van der Waals surface area contributed by atoms with E-state index in [4.69, 9.17) is 13.8 Å². The lowest BCUT2D eigenvalue weighted by atomic mass is 10.1. The molecule has 8 heteroatoms. The van der Waals surface area contributed by atoms with Crippen LogP contribution in [0.2, 0.25) is 0 Å². The van der Waals surface area contributed by atoms with Crippen molar-refractivity contribution in [2.75, 3.05) is 39.6 Å². The largest absolute Gasteiger partial charge is 0.475 e. The van der Waals surface area contributed by atoms with Crippen LogP contribution in [0, 0.1) is 0 Å². The van der Waals surface area contributed by atoms with Crippen LogP contribution in [0.15, 0.2) is 0 Å². The molecule has 1 N–H and O–H groups in total. The van der Waals surface area contributed by atoms with Gasteiger partial charge in [-0.3, -0.25) is 9.32 Å². The highest BCUT2D eigenvalue weighted by atomic mass is 31.2. The topological polar surface area (TPSA) is 82.1 Å². The third-order valence-electron chi connectivity index (χ3n) is 6.25. The zero-order valence-corrected chi connectivity index (χ0v) is 21.5. The molecule has 1 unspecified atom stereocenters. The monoisotopic (exact) mass is 466 g/mol. The number of quaternary nitrogens is 1. The number of hydrogen-bond donors (Lipinski definition) is 1. The standard InChI is InChI=1S/C23H48NO6P/c1-5-9-10-11-12-13-14-15-16-17-18-19-23(25)28-22-30-31(26,27)29-21-20-24(6-2,7-3)8-4/h5-22H2,1-4H3/p+1. The fourth-order valence-electron chi connectivity index (χ4n) is 3.70. The number of carbonyl (C=O) groups excluding carboxylic acids is 1. The summed E-state index contributed by atoms with van der Waals surface area (Å²) >= 11 is 0. The Balaban J connectivity index is 3.70. The lowest BCUT2D eigenvalue weighted by molar-refractivity contribution is -0.923. The van der Waals surface area contributed by atoms with Crippen molar-refractivity contribution in [1.82, 2.24) is 0 Å². The minimum Gasteiger partial charge on any atom is -0.438 e. The molecule has 0 aromatic carbocycles. The number of ether oxygens (including phenoxy) is 1. The number of carbonyl (C=O) groups is 1. The third kappa shape index (κ3) is 16.8. The molecule has 186 valence electrons. The van der Waals surface area contributed by atoms with Crippen LogP contribution in [-0.2, 0) is 23.1 Å². The molecule has 0 heterocycles. The molecule has 7 nitrogen and oxygen atoms in total. The minimum absolute atomic E-state index is 0.121. The molecule has 0 aromatic rings. The summed E-state index contributed by atoms with van der Waals surface area (Å²) in [5, 5.41) is 0. The fourth-order valence-corrected chi connectivity index (χ4v) is 4.27. The number of rotatable bonds is 22.